The molecular formula is C20H27N3O3S. The third kappa shape index (κ3) is 3.27. The summed E-state index contributed by atoms with van der Waals surface area (Å²) in [5.74, 6) is 0.762. The Kier molecular flexibility index (Phi) is 4.76. The number of para-hydroxylation sites is 1. The molecule has 1 saturated heterocycles. The van der Waals surface area contributed by atoms with E-state index in [4.69, 9.17) is 0 Å². The van der Waals surface area contributed by atoms with Crippen LogP contribution in [0.3, 0.4) is 0 Å². The molecule has 0 radical (unpaired) electrons. The first-order valence-electron chi connectivity index (χ1n) is 9.80. The number of H-pyrrole nitrogens is 1. The molecule has 1 unspecified atom stereocenters. The molecule has 2 aromatic rings. The van der Waals surface area contributed by atoms with Gasteiger partial charge in [-0.15, -0.1) is 0 Å². The third-order valence-corrected chi connectivity index (χ3v) is 7.87. The maximum Gasteiger partial charge on any atom is 0.256 e. The SMILES string of the molecule is CCS(=O)(=O)N1CCN(C(=O)c2cccc3c4c([nH]c23)CCC(C)C4)CC1. The van der Waals surface area contributed by atoms with Gasteiger partial charge in [0, 0.05) is 37.3 Å². The van der Waals surface area contributed by atoms with E-state index in [1.165, 1.54) is 22.0 Å². The standard InChI is InChI=1S/C20H27N3O3S/c1-3-27(25,26)23-11-9-22(10-12-23)20(24)16-6-4-5-15-17-13-14(2)7-8-18(17)21-19(15)16/h4-6,14,21H,3,7-13H2,1-2H3. The van der Waals surface area contributed by atoms with Gasteiger partial charge < -0.3 is 9.88 Å². The van der Waals surface area contributed by atoms with Gasteiger partial charge >= 0.3 is 0 Å². The molecule has 1 atom stereocenters. The molecule has 0 bridgehead atoms. The fraction of sp³-hybridized carbons (Fsp3) is 0.550. The second-order valence-corrected chi connectivity index (χ2v) is 10.0. The van der Waals surface area contributed by atoms with E-state index >= 15 is 0 Å². The van der Waals surface area contributed by atoms with Crippen LogP contribution in [0.25, 0.3) is 10.9 Å². The highest BCUT2D eigenvalue weighted by molar-refractivity contribution is 7.89. The molecule has 0 spiro atoms. The number of amides is 1. The normalized spacial score (nSPS) is 21.4. The number of aryl methyl sites for hydroxylation is 1. The fourth-order valence-corrected chi connectivity index (χ4v) is 5.40. The molecule has 4 rings (SSSR count). The Bertz CT molecular complexity index is 972. The zero-order valence-electron chi connectivity index (χ0n) is 16.0. The molecule has 1 aliphatic heterocycles. The quantitative estimate of drug-likeness (QED) is 0.876. The van der Waals surface area contributed by atoms with Crippen LogP contribution in [-0.4, -0.2) is 60.4 Å². The Morgan fingerprint density at radius 2 is 1.96 bits per heavy atom. The Hall–Kier alpha value is -1.86. The second kappa shape index (κ2) is 6.95. The van der Waals surface area contributed by atoms with E-state index in [9.17, 15) is 13.2 Å². The van der Waals surface area contributed by atoms with E-state index in [0.717, 1.165) is 23.7 Å². The van der Waals surface area contributed by atoms with Gasteiger partial charge in [-0.1, -0.05) is 19.1 Å². The molecule has 1 N–H and O–H groups in total. The number of hydrogen-bond donors (Lipinski definition) is 1. The summed E-state index contributed by atoms with van der Waals surface area (Å²) in [4.78, 5) is 18.4. The minimum atomic E-state index is -3.19. The lowest BCUT2D eigenvalue weighted by molar-refractivity contribution is 0.0700. The summed E-state index contributed by atoms with van der Waals surface area (Å²) < 4.78 is 25.6. The number of aromatic amines is 1. The minimum absolute atomic E-state index is 0.0132. The Balaban J connectivity index is 1.59. The van der Waals surface area contributed by atoms with Gasteiger partial charge in [0.25, 0.3) is 5.91 Å². The van der Waals surface area contributed by atoms with Gasteiger partial charge in [0.2, 0.25) is 10.0 Å². The lowest BCUT2D eigenvalue weighted by atomic mass is 9.87. The number of hydrogen-bond acceptors (Lipinski definition) is 3. The monoisotopic (exact) mass is 389 g/mol. The van der Waals surface area contributed by atoms with Gasteiger partial charge in [0.05, 0.1) is 16.8 Å². The van der Waals surface area contributed by atoms with Crippen LogP contribution in [0.15, 0.2) is 18.2 Å². The van der Waals surface area contributed by atoms with Crippen LogP contribution in [0.4, 0.5) is 0 Å². The predicted molar refractivity (Wildman–Crippen MR) is 106 cm³/mol. The average molecular weight is 390 g/mol. The molecule has 146 valence electrons. The summed E-state index contributed by atoms with van der Waals surface area (Å²) >= 11 is 0. The summed E-state index contributed by atoms with van der Waals surface area (Å²) in [5, 5.41) is 1.16. The van der Waals surface area contributed by atoms with Gasteiger partial charge in [0.15, 0.2) is 0 Å². The number of rotatable bonds is 3. The molecule has 1 fully saturated rings. The highest BCUT2D eigenvalue weighted by atomic mass is 32.2. The van der Waals surface area contributed by atoms with E-state index in [1.54, 1.807) is 11.8 Å². The number of aromatic nitrogens is 1. The summed E-state index contributed by atoms with van der Waals surface area (Å²) in [6.07, 6.45) is 3.27. The second-order valence-electron chi connectivity index (χ2n) is 7.75. The molecule has 27 heavy (non-hydrogen) atoms. The first kappa shape index (κ1) is 18.5. The first-order valence-corrected chi connectivity index (χ1v) is 11.4. The predicted octanol–water partition coefficient (Wildman–Crippen LogP) is 2.40. The average Bonchev–Trinajstić information content (AvgIpc) is 3.05. The number of carbonyl (C=O) groups excluding carboxylic acids is 1. The summed E-state index contributed by atoms with van der Waals surface area (Å²) in [7, 11) is -3.19. The molecule has 2 heterocycles. The van der Waals surface area contributed by atoms with Crippen molar-refractivity contribution in [2.75, 3.05) is 31.9 Å². The molecular weight excluding hydrogens is 362 g/mol. The molecule has 0 saturated carbocycles. The van der Waals surface area contributed by atoms with Crippen LogP contribution in [0.5, 0.6) is 0 Å². The zero-order chi connectivity index (χ0) is 19.2. The summed E-state index contributed by atoms with van der Waals surface area (Å²) in [6, 6.07) is 5.94. The first-order chi connectivity index (χ1) is 12.9. The highest BCUT2D eigenvalue weighted by Crippen LogP contribution is 2.33. The fourth-order valence-electron chi connectivity index (χ4n) is 4.32. The van der Waals surface area contributed by atoms with Gasteiger partial charge in [0.1, 0.15) is 0 Å². The van der Waals surface area contributed by atoms with Gasteiger partial charge in [-0.3, -0.25) is 4.79 Å². The van der Waals surface area contributed by atoms with E-state index < -0.39 is 10.0 Å². The number of sulfonamides is 1. The van der Waals surface area contributed by atoms with E-state index in [-0.39, 0.29) is 11.7 Å². The van der Waals surface area contributed by atoms with Crippen LogP contribution in [0, 0.1) is 5.92 Å². The van der Waals surface area contributed by atoms with Crippen molar-refractivity contribution in [3.8, 4) is 0 Å². The van der Waals surface area contributed by atoms with Crippen molar-refractivity contribution in [1.82, 2.24) is 14.2 Å². The number of benzene rings is 1. The van der Waals surface area contributed by atoms with Gasteiger partial charge in [-0.25, -0.2) is 8.42 Å². The van der Waals surface area contributed by atoms with Crippen LogP contribution < -0.4 is 0 Å². The molecule has 1 aromatic heterocycles. The zero-order valence-corrected chi connectivity index (χ0v) is 16.8. The van der Waals surface area contributed by atoms with Crippen molar-refractivity contribution >= 4 is 26.8 Å². The van der Waals surface area contributed by atoms with Crippen molar-refractivity contribution in [3.05, 3.63) is 35.0 Å². The van der Waals surface area contributed by atoms with Crippen LogP contribution in [0.1, 0.15) is 41.9 Å². The highest BCUT2D eigenvalue weighted by Gasteiger charge is 2.29. The van der Waals surface area contributed by atoms with Crippen molar-refractivity contribution in [3.63, 3.8) is 0 Å². The van der Waals surface area contributed by atoms with Gasteiger partial charge in [-0.2, -0.15) is 4.31 Å². The van der Waals surface area contributed by atoms with E-state index in [0.29, 0.717) is 37.7 Å². The lowest BCUT2D eigenvalue weighted by Crippen LogP contribution is -2.50. The number of nitrogens with one attached hydrogen (secondary N) is 1. The molecule has 1 aliphatic carbocycles. The number of piperazine rings is 1. The number of fused-ring (bicyclic) bond motifs is 3. The van der Waals surface area contributed by atoms with Gasteiger partial charge in [-0.05, 0) is 43.7 Å². The summed E-state index contributed by atoms with van der Waals surface area (Å²) in [5.41, 5.74) is 4.26. The summed E-state index contributed by atoms with van der Waals surface area (Å²) in [6.45, 7) is 5.55. The van der Waals surface area contributed by atoms with Crippen molar-refractivity contribution < 1.29 is 13.2 Å². The van der Waals surface area contributed by atoms with Crippen molar-refractivity contribution in [2.45, 2.75) is 33.1 Å². The molecule has 2 aliphatic rings. The van der Waals surface area contributed by atoms with E-state index in [2.05, 4.69) is 18.0 Å². The number of carbonyl (C=O) groups is 1. The van der Waals surface area contributed by atoms with Crippen molar-refractivity contribution in [1.29, 1.82) is 0 Å². The molecule has 1 amide bonds. The van der Waals surface area contributed by atoms with Crippen LogP contribution in [0.2, 0.25) is 0 Å². The Morgan fingerprint density at radius 1 is 1.22 bits per heavy atom. The van der Waals surface area contributed by atoms with Crippen LogP contribution >= 0.6 is 0 Å². The largest absolute Gasteiger partial charge is 0.358 e. The molecule has 7 heteroatoms. The third-order valence-electron chi connectivity index (χ3n) is 5.98. The molecule has 1 aromatic carbocycles. The molecule has 6 nitrogen and oxygen atoms in total. The Morgan fingerprint density at radius 3 is 2.67 bits per heavy atom. The van der Waals surface area contributed by atoms with E-state index in [1.807, 2.05) is 12.1 Å². The topological polar surface area (TPSA) is 73.5 Å². The number of nitrogens with zero attached hydrogens (tertiary/aromatic N) is 2. The Labute approximate surface area is 160 Å². The maximum atomic E-state index is 13.2. The van der Waals surface area contributed by atoms with Crippen molar-refractivity contribution in [2.24, 2.45) is 5.92 Å². The van der Waals surface area contributed by atoms with Crippen LogP contribution in [-0.2, 0) is 22.9 Å². The smallest absolute Gasteiger partial charge is 0.256 e. The maximum absolute atomic E-state index is 13.2. The minimum Gasteiger partial charge on any atom is -0.358 e. The lowest BCUT2D eigenvalue weighted by Gasteiger charge is -2.34.